The van der Waals surface area contributed by atoms with Gasteiger partial charge in [-0.15, -0.1) is 0 Å². The highest BCUT2D eigenvalue weighted by Gasteiger charge is 2.39. The summed E-state index contributed by atoms with van der Waals surface area (Å²) in [6, 6.07) is 2.53. The van der Waals surface area contributed by atoms with Crippen LogP contribution in [0.2, 0.25) is 0 Å². The van der Waals surface area contributed by atoms with E-state index in [2.05, 4.69) is 35.9 Å². The van der Waals surface area contributed by atoms with Crippen LogP contribution in [0, 0.1) is 0 Å². The summed E-state index contributed by atoms with van der Waals surface area (Å²) in [6.45, 7) is 3.67. The molecule has 3 saturated heterocycles. The second kappa shape index (κ2) is 4.75. The van der Waals surface area contributed by atoms with Crippen molar-refractivity contribution in [3.05, 3.63) is 0 Å². The summed E-state index contributed by atoms with van der Waals surface area (Å²) in [5.74, 6) is 1.37. The zero-order chi connectivity index (χ0) is 11.9. The Morgan fingerprint density at radius 3 is 2.59 bits per heavy atom. The van der Waals surface area contributed by atoms with Gasteiger partial charge in [0.15, 0.2) is 0 Å². The van der Waals surface area contributed by atoms with Gasteiger partial charge in [-0.05, 0) is 58.2 Å². The van der Waals surface area contributed by atoms with Gasteiger partial charge in [0, 0.05) is 29.4 Å². The lowest BCUT2D eigenvalue weighted by Gasteiger charge is -2.38. The number of thioether (sulfide) groups is 1. The third-order valence-electron chi connectivity index (χ3n) is 5.16. The smallest absolute Gasteiger partial charge is 0.0256 e. The molecule has 0 aromatic rings. The molecule has 0 aromatic carbocycles. The van der Waals surface area contributed by atoms with Crippen molar-refractivity contribution in [3.8, 4) is 0 Å². The summed E-state index contributed by atoms with van der Waals surface area (Å²) >= 11 is 2.18. The number of fused-ring (bicyclic) bond motifs is 2. The van der Waals surface area contributed by atoms with Gasteiger partial charge in [-0.1, -0.05) is 0 Å². The van der Waals surface area contributed by atoms with Gasteiger partial charge in [0.2, 0.25) is 0 Å². The Kier molecular flexibility index (Phi) is 3.44. The third-order valence-corrected chi connectivity index (χ3v) is 6.70. The summed E-state index contributed by atoms with van der Waals surface area (Å²) in [5.41, 5.74) is 0. The van der Waals surface area contributed by atoms with Crippen LogP contribution in [-0.4, -0.2) is 47.1 Å². The van der Waals surface area contributed by atoms with Crippen molar-refractivity contribution >= 4 is 11.8 Å². The molecular weight excluding hydrogens is 228 g/mol. The molecule has 98 valence electrons. The van der Waals surface area contributed by atoms with E-state index in [1.807, 2.05) is 0 Å². The average Bonchev–Trinajstić information content (AvgIpc) is 2.80. The van der Waals surface area contributed by atoms with Gasteiger partial charge in [-0.3, -0.25) is 0 Å². The molecule has 0 spiro atoms. The van der Waals surface area contributed by atoms with E-state index in [0.717, 1.165) is 18.1 Å². The van der Waals surface area contributed by atoms with Crippen LogP contribution in [0.1, 0.15) is 45.4 Å². The zero-order valence-electron chi connectivity index (χ0n) is 11.2. The lowest BCUT2D eigenvalue weighted by molar-refractivity contribution is 0.147. The summed E-state index contributed by atoms with van der Waals surface area (Å²) in [4.78, 5) is 2.63. The van der Waals surface area contributed by atoms with E-state index in [-0.39, 0.29) is 0 Å². The molecule has 0 amide bonds. The highest BCUT2D eigenvalue weighted by atomic mass is 32.2. The molecule has 0 aliphatic carbocycles. The lowest BCUT2D eigenvalue weighted by atomic mass is 9.97. The van der Waals surface area contributed by atoms with Gasteiger partial charge in [-0.25, -0.2) is 0 Å². The number of hydrogen-bond donors (Lipinski definition) is 1. The van der Waals surface area contributed by atoms with E-state index in [0.29, 0.717) is 4.75 Å². The van der Waals surface area contributed by atoms with Crippen molar-refractivity contribution in [1.29, 1.82) is 0 Å². The van der Waals surface area contributed by atoms with Gasteiger partial charge in [0.25, 0.3) is 0 Å². The molecule has 3 unspecified atom stereocenters. The Labute approximate surface area is 110 Å². The van der Waals surface area contributed by atoms with Crippen LogP contribution in [0.15, 0.2) is 0 Å². The van der Waals surface area contributed by atoms with Crippen molar-refractivity contribution in [2.24, 2.45) is 0 Å². The third kappa shape index (κ3) is 2.52. The van der Waals surface area contributed by atoms with E-state index in [4.69, 9.17) is 0 Å². The largest absolute Gasteiger partial charge is 0.312 e. The molecule has 3 atom stereocenters. The molecule has 0 saturated carbocycles. The Balaban J connectivity index is 1.50. The Bertz CT molecular complexity index is 261. The first kappa shape index (κ1) is 12.3. The van der Waals surface area contributed by atoms with Gasteiger partial charge >= 0.3 is 0 Å². The Hall–Kier alpha value is 0.270. The maximum atomic E-state index is 3.88. The Morgan fingerprint density at radius 1 is 1.29 bits per heavy atom. The average molecular weight is 254 g/mol. The maximum Gasteiger partial charge on any atom is 0.0256 e. The van der Waals surface area contributed by atoms with Gasteiger partial charge < -0.3 is 10.2 Å². The van der Waals surface area contributed by atoms with Crippen molar-refractivity contribution < 1.29 is 0 Å². The van der Waals surface area contributed by atoms with E-state index in [1.165, 1.54) is 50.8 Å². The van der Waals surface area contributed by atoms with E-state index < -0.39 is 0 Å². The number of hydrogen-bond acceptors (Lipinski definition) is 3. The zero-order valence-corrected chi connectivity index (χ0v) is 12.1. The second-order valence-corrected chi connectivity index (χ2v) is 8.18. The van der Waals surface area contributed by atoms with Crippen molar-refractivity contribution in [2.45, 2.75) is 68.3 Å². The molecular formula is C14H26N2S. The van der Waals surface area contributed by atoms with Crippen molar-refractivity contribution in [3.63, 3.8) is 0 Å². The highest BCUT2D eigenvalue weighted by Crippen LogP contribution is 2.38. The second-order valence-electron chi connectivity index (χ2n) is 6.50. The predicted molar refractivity (Wildman–Crippen MR) is 75.7 cm³/mol. The topological polar surface area (TPSA) is 15.3 Å². The number of nitrogens with zero attached hydrogens (tertiary/aromatic N) is 1. The minimum atomic E-state index is 0.530. The molecule has 1 N–H and O–H groups in total. The molecule has 17 heavy (non-hydrogen) atoms. The molecule has 2 bridgehead atoms. The monoisotopic (exact) mass is 254 g/mol. The predicted octanol–water partition coefficient (Wildman–Crippen LogP) is 2.49. The van der Waals surface area contributed by atoms with Crippen molar-refractivity contribution in [2.75, 3.05) is 19.3 Å². The minimum Gasteiger partial charge on any atom is -0.312 e. The van der Waals surface area contributed by atoms with Crippen LogP contribution in [0.25, 0.3) is 0 Å². The van der Waals surface area contributed by atoms with Crippen LogP contribution in [-0.2, 0) is 0 Å². The maximum absolute atomic E-state index is 3.88. The normalized spacial score (nSPS) is 46.6. The quantitative estimate of drug-likeness (QED) is 0.833. The summed E-state index contributed by atoms with van der Waals surface area (Å²) in [6.07, 6.45) is 8.46. The first-order valence-electron chi connectivity index (χ1n) is 7.26. The van der Waals surface area contributed by atoms with E-state index in [1.54, 1.807) is 0 Å². The lowest BCUT2D eigenvalue weighted by Crippen LogP contribution is -2.49. The molecule has 2 nitrogen and oxygen atoms in total. The van der Waals surface area contributed by atoms with Crippen LogP contribution >= 0.6 is 11.8 Å². The molecule has 3 rings (SSSR count). The summed E-state index contributed by atoms with van der Waals surface area (Å²) < 4.78 is 0.530. The van der Waals surface area contributed by atoms with E-state index >= 15 is 0 Å². The molecule has 3 aliphatic rings. The number of rotatable bonds is 3. The summed E-state index contributed by atoms with van der Waals surface area (Å²) in [5, 5.41) is 3.88. The first-order chi connectivity index (χ1) is 8.16. The van der Waals surface area contributed by atoms with Crippen LogP contribution in [0.3, 0.4) is 0 Å². The fourth-order valence-corrected chi connectivity index (χ4v) is 5.17. The van der Waals surface area contributed by atoms with Crippen molar-refractivity contribution in [1.82, 2.24) is 10.2 Å². The van der Waals surface area contributed by atoms with Crippen LogP contribution < -0.4 is 5.32 Å². The van der Waals surface area contributed by atoms with Gasteiger partial charge in [0.05, 0.1) is 0 Å². The minimum absolute atomic E-state index is 0.530. The number of nitrogens with one attached hydrogen (secondary N) is 1. The number of piperidine rings is 1. The van der Waals surface area contributed by atoms with Crippen LogP contribution in [0.5, 0.6) is 0 Å². The molecule has 3 fully saturated rings. The van der Waals surface area contributed by atoms with Gasteiger partial charge in [0.1, 0.15) is 0 Å². The fraction of sp³-hybridized carbons (Fsp3) is 1.00. The van der Waals surface area contributed by atoms with Gasteiger partial charge in [-0.2, -0.15) is 11.8 Å². The first-order valence-corrected chi connectivity index (χ1v) is 8.24. The van der Waals surface area contributed by atoms with E-state index in [9.17, 15) is 0 Å². The fourth-order valence-electron chi connectivity index (χ4n) is 3.91. The highest BCUT2D eigenvalue weighted by molar-refractivity contribution is 8.00. The standard InChI is InChI=1S/C14H26N2S/c1-14(6-3-7-17-14)10-15-11-8-12-4-5-13(9-11)16(12)2/h11-13,15H,3-10H2,1-2H3. The molecule has 0 radical (unpaired) electrons. The SMILES string of the molecule is CN1C2CCC1CC(NCC1(C)CCCS1)C2. The van der Waals surface area contributed by atoms with Crippen LogP contribution in [0.4, 0.5) is 0 Å². The molecule has 3 heterocycles. The Morgan fingerprint density at radius 2 is 2.00 bits per heavy atom. The summed E-state index contributed by atoms with van der Waals surface area (Å²) in [7, 11) is 2.33. The molecule has 3 heteroatoms. The molecule has 0 aromatic heterocycles. The molecule has 3 aliphatic heterocycles.